The predicted octanol–water partition coefficient (Wildman–Crippen LogP) is 2.48. The van der Waals surface area contributed by atoms with Gasteiger partial charge in [-0.2, -0.15) is 0 Å². The smallest absolute Gasteiger partial charge is 0.124 e. The van der Waals surface area contributed by atoms with E-state index in [2.05, 4.69) is 15.9 Å². The molecular weight excluding hydrogens is 273 g/mol. The second-order valence-corrected chi connectivity index (χ2v) is 4.98. The van der Waals surface area contributed by atoms with Crippen LogP contribution in [0.3, 0.4) is 0 Å². The summed E-state index contributed by atoms with van der Waals surface area (Å²) in [4.78, 5) is 0. The molecule has 1 atom stereocenters. The van der Waals surface area contributed by atoms with E-state index in [-0.39, 0.29) is 17.8 Å². The van der Waals surface area contributed by atoms with E-state index in [0.717, 1.165) is 16.5 Å². The van der Waals surface area contributed by atoms with Gasteiger partial charge >= 0.3 is 0 Å². The van der Waals surface area contributed by atoms with Crippen LogP contribution in [0.25, 0.3) is 0 Å². The summed E-state index contributed by atoms with van der Waals surface area (Å²) >= 11 is 3.32. The Morgan fingerprint density at radius 3 is 2.62 bits per heavy atom. The van der Waals surface area contributed by atoms with Crippen LogP contribution in [0.4, 0.5) is 4.39 Å². The number of benzene rings is 1. The van der Waals surface area contributed by atoms with Gasteiger partial charge in [-0.15, -0.1) is 0 Å². The fourth-order valence-corrected chi connectivity index (χ4v) is 2.13. The normalized spacial score (nSPS) is 14.8. The van der Waals surface area contributed by atoms with Crippen molar-refractivity contribution in [2.75, 3.05) is 13.2 Å². The molecule has 2 nitrogen and oxygen atoms in total. The quantitative estimate of drug-likeness (QED) is 0.875. The molecule has 0 heterocycles. The molecule has 0 aliphatic heterocycles. The minimum absolute atomic E-state index is 0.0455. The summed E-state index contributed by atoms with van der Waals surface area (Å²) in [5.41, 5.74) is 6.38. The number of nitrogens with two attached hydrogens (primary N) is 1. The van der Waals surface area contributed by atoms with Gasteiger partial charge in [0.05, 0.1) is 6.61 Å². The van der Waals surface area contributed by atoms with Crippen molar-refractivity contribution in [3.63, 3.8) is 0 Å². The Balaban J connectivity index is 2.93. The van der Waals surface area contributed by atoms with Crippen LogP contribution in [0.5, 0.6) is 0 Å². The van der Waals surface area contributed by atoms with Gasteiger partial charge in [0.15, 0.2) is 0 Å². The topological polar surface area (TPSA) is 46.2 Å². The molecule has 0 spiro atoms. The number of hydrogen-bond donors (Lipinski definition) is 2. The average Bonchev–Trinajstić information content (AvgIpc) is 2.29. The predicted molar refractivity (Wildman–Crippen MR) is 66.7 cm³/mol. The van der Waals surface area contributed by atoms with Crippen molar-refractivity contribution in [2.24, 2.45) is 11.1 Å². The molecule has 0 fully saturated rings. The number of aliphatic hydroxyl groups is 1. The molecule has 0 saturated carbocycles. The molecule has 0 aromatic heterocycles. The highest BCUT2D eigenvalue weighted by molar-refractivity contribution is 9.10. The number of rotatable bonds is 5. The molecule has 4 heteroatoms. The molecule has 3 N–H and O–H groups in total. The fraction of sp³-hybridized carbons (Fsp3) is 0.500. The van der Waals surface area contributed by atoms with Gasteiger partial charge in [-0.05, 0) is 30.5 Å². The van der Waals surface area contributed by atoms with E-state index in [4.69, 9.17) is 5.73 Å². The van der Waals surface area contributed by atoms with Gasteiger partial charge in [-0.1, -0.05) is 28.9 Å². The van der Waals surface area contributed by atoms with Gasteiger partial charge in [-0.3, -0.25) is 0 Å². The Bertz CT molecular complexity index is 345. The lowest BCUT2D eigenvalue weighted by Crippen LogP contribution is -2.35. The van der Waals surface area contributed by atoms with E-state index < -0.39 is 0 Å². The van der Waals surface area contributed by atoms with Crippen molar-refractivity contribution in [3.8, 4) is 0 Å². The van der Waals surface area contributed by atoms with Crippen LogP contribution in [0.2, 0.25) is 0 Å². The van der Waals surface area contributed by atoms with E-state index in [1.807, 2.05) is 6.92 Å². The number of halogens is 2. The third kappa shape index (κ3) is 3.03. The van der Waals surface area contributed by atoms with Crippen molar-refractivity contribution < 1.29 is 9.50 Å². The molecular formula is C12H17BrFNO. The van der Waals surface area contributed by atoms with Crippen LogP contribution in [0, 0.1) is 11.2 Å². The van der Waals surface area contributed by atoms with E-state index in [1.165, 1.54) is 12.1 Å². The van der Waals surface area contributed by atoms with Gasteiger partial charge in [0.25, 0.3) is 0 Å². The Hall–Kier alpha value is -0.450. The molecule has 1 unspecified atom stereocenters. The van der Waals surface area contributed by atoms with E-state index in [9.17, 15) is 9.50 Å². The van der Waals surface area contributed by atoms with Gasteiger partial charge < -0.3 is 10.8 Å². The van der Waals surface area contributed by atoms with E-state index in [1.54, 1.807) is 6.07 Å². The summed E-state index contributed by atoms with van der Waals surface area (Å²) in [6.45, 7) is 2.47. The maximum Gasteiger partial charge on any atom is 0.124 e. The summed E-state index contributed by atoms with van der Waals surface area (Å²) in [7, 11) is 0. The van der Waals surface area contributed by atoms with Crippen molar-refractivity contribution in [3.05, 3.63) is 34.1 Å². The highest BCUT2D eigenvalue weighted by Crippen LogP contribution is 2.29. The Morgan fingerprint density at radius 1 is 1.50 bits per heavy atom. The van der Waals surface area contributed by atoms with Crippen LogP contribution < -0.4 is 5.73 Å². The van der Waals surface area contributed by atoms with Crippen molar-refractivity contribution in [1.29, 1.82) is 0 Å². The minimum Gasteiger partial charge on any atom is -0.396 e. The van der Waals surface area contributed by atoms with Crippen LogP contribution >= 0.6 is 15.9 Å². The van der Waals surface area contributed by atoms with Crippen LogP contribution in [-0.4, -0.2) is 18.3 Å². The molecule has 0 saturated heterocycles. The van der Waals surface area contributed by atoms with Gasteiger partial charge in [0, 0.05) is 16.4 Å². The van der Waals surface area contributed by atoms with Gasteiger partial charge in [0.1, 0.15) is 5.82 Å². The molecule has 0 bridgehead atoms. The molecule has 1 aromatic carbocycles. The second-order valence-electron chi connectivity index (χ2n) is 4.13. The first-order valence-corrected chi connectivity index (χ1v) is 6.11. The maximum atomic E-state index is 12.9. The summed E-state index contributed by atoms with van der Waals surface area (Å²) in [5.74, 6) is -0.269. The summed E-state index contributed by atoms with van der Waals surface area (Å²) in [6.07, 6.45) is 1.45. The molecule has 16 heavy (non-hydrogen) atoms. The Kier molecular flexibility index (Phi) is 4.89. The minimum atomic E-state index is -0.305. The summed E-state index contributed by atoms with van der Waals surface area (Å²) in [5, 5.41) is 9.41. The molecule has 0 aliphatic carbocycles. The zero-order chi connectivity index (χ0) is 12.2. The van der Waals surface area contributed by atoms with Gasteiger partial charge in [0.2, 0.25) is 0 Å². The third-order valence-corrected chi connectivity index (χ3v) is 3.84. The lowest BCUT2D eigenvalue weighted by molar-refractivity contribution is 0.127. The van der Waals surface area contributed by atoms with Crippen LogP contribution in [0.1, 0.15) is 18.9 Å². The van der Waals surface area contributed by atoms with Crippen LogP contribution in [-0.2, 0) is 6.42 Å². The molecule has 1 rings (SSSR count). The monoisotopic (exact) mass is 289 g/mol. The maximum absolute atomic E-state index is 12.9. The highest BCUT2D eigenvalue weighted by atomic mass is 79.9. The first-order chi connectivity index (χ1) is 7.56. The standard InChI is InChI=1S/C12H17BrFNO/c1-2-12(7-15,8-16)6-9-3-4-10(14)5-11(9)13/h3-5,16H,2,6-8,15H2,1H3. The molecule has 1 aromatic rings. The number of hydrogen-bond acceptors (Lipinski definition) is 2. The van der Waals surface area contributed by atoms with Gasteiger partial charge in [-0.25, -0.2) is 4.39 Å². The van der Waals surface area contributed by atoms with Crippen LogP contribution in [0.15, 0.2) is 22.7 Å². The zero-order valence-corrected chi connectivity index (χ0v) is 10.9. The molecule has 0 radical (unpaired) electrons. The lowest BCUT2D eigenvalue weighted by Gasteiger charge is -2.29. The largest absolute Gasteiger partial charge is 0.396 e. The highest BCUT2D eigenvalue weighted by Gasteiger charge is 2.26. The average molecular weight is 290 g/mol. The van der Waals surface area contributed by atoms with E-state index in [0.29, 0.717) is 13.0 Å². The first-order valence-electron chi connectivity index (χ1n) is 5.32. The van der Waals surface area contributed by atoms with E-state index >= 15 is 0 Å². The van der Waals surface area contributed by atoms with Crippen molar-refractivity contribution >= 4 is 15.9 Å². The third-order valence-electron chi connectivity index (χ3n) is 3.10. The first kappa shape index (κ1) is 13.6. The molecule has 0 aliphatic rings. The summed E-state index contributed by atoms with van der Waals surface area (Å²) < 4.78 is 13.7. The SMILES string of the molecule is CCC(CN)(CO)Cc1ccc(F)cc1Br. The molecule has 0 amide bonds. The van der Waals surface area contributed by atoms with Crippen molar-refractivity contribution in [2.45, 2.75) is 19.8 Å². The second kappa shape index (κ2) is 5.75. The lowest BCUT2D eigenvalue weighted by atomic mass is 9.80. The Labute approximate surface area is 104 Å². The fourth-order valence-electron chi connectivity index (χ4n) is 1.64. The number of aliphatic hydroxyl groups excluding tert-OH is 1. The Morgan fingerprint density at radius 2 is 2.19 bits per heavy atom. The van der Waals surface area contributed by atoms with Crippen molar-refractivity contribution in [1.82, 2.24) is 0 Å². The molecule has 90 valence electrons. The zero-order valence-electron chi connectivity index (χ0n) is 9.34. The summed E-state index contributed by atoms with van der Waals surface area (Å²) in [6, 6.07) is 4.59.